The van der Waals surface area contributed by atoms with Crippen molar-refractivity contribution in [2.45, 2.75) is 19.3 Å². The number of nitrogens with two attached hydrogens (primary N) is 1. The quantitative estimate of drug-likeness (QED) is 0.598. The Kier molecular flexibility index (Phi) is 5.23. The molecule has 4 nitrogen and oxygen atoms in total. The summed E-state index contributed by atoms with van der Waals surface area (Å²) in [6.07, 6.45) is 1.50. The first kappa shape index (κ1) is 14.1. The van der Waals surface area contributed by atoms with Gasteiger partial charge in [0.05, 0.1) is 6.61 Å². The van der Waals surface area contributed by atoms with Gasteiger partial charge in [0.1, 0.15) is 6.29 Å². The monoisotopic (exact) mass is 257 g/mol. The van der Waals surface area contributed by atoms with Crippen molar-refractivity contribution in [3.05, 3.63) is 29.3 Å². The highest BCUT2D eigenvalue weighted by molar-refractivity contribution is 5.75. The maximum Gasteiger partial charge on any atom is 0.217 e. The van der Waals surface area contributed by atoms with Gasteiger partial charge in [0, 0.05) is 12.0 Å². The molecule has 0 spiro atoms. The zero-order valence-electron chi connectivity index (χ0n) is 9.62. The Balaban J connectivity index is 2.52. The molecule has 18 heavy (non-hydrogen) atoms. The average Bonchev–Trinajstić information content (AvgIpc) is 2.31. The predicted molar refractivity (Wildman–Crippen MR) is 60.3 cm³/mol. The van der Waals surface area contributed by atoms with Gasteiger partial charge in [-0.05, 0) is 25.0 Å². The minimum atomic E-state index is -0.924. The number of carbonyl (C=O) groups is 2. The van der Waals surface area contributed by atoms with Crippen LogP contribution in [0.25, 0.3) is 0 Å². The Bertz CT molecular complexity index is 426. The van der Waals surface area contributed by atoms with E-state index < -0.39 is 23.3 Å². The lowest BCUT2D eigenvalue weighted by molar-refractivity contribution is -0.118. The van der Waals surface area contributed by atoms with Crippen molar-refractivity contribution >= 4 is 12.2 Å². The zero-order valence-corrected chi connectivity index (χ0v) is 9.62. The van der Waals surface area contributed by atoms with E-state index in [9.17, 15) is 18.4 Å². The van der Waals surface area contributed by atoms with E-state index in [4.69, 9.17) is 10.5 Å². The number of unbranched alkanes of at least 4 members (excludes halogenated alkanes) is 1. The summed E-state index contributed by atoms with van der Waals surface area (Å²) in [5.74, 6) is -2.79. The molecule has 1 aromatic rings. The molecule has 1 rings (SSSR count). The number of benzene rings is 1. The van der Waals surface area contributed by atoms with Gasteiger partial charge in [-0.25, -0.2) is 8.78 Å². The number of aldehydes is 1. The summed E-state index contributed by atoms with van der Waals surface area (Å²) >= 11 is 0. The maximum atomic E-state index is 13.3. The summed E-state index contributed by atoms with van der Waals surface area (Å²) in [5, 5.41) is 0. The Morgan fingerprint density at radius 3 is 2.39 bits per heavy atom. The second kappa shape index (κ2) is 6.68. The first-order valence-electron chi connectivity index (χ1n) is 5.40. The number of amides is 1. The lowest BCUT2D eigenvalue weighted by atomic mass is 10.2. The number of ether oxygens (including phenoxy) is 1. The topological polar surface area (TPSA) is 69.4 Å². The molecule has 0 aliphatic carbocycles. The van der Waals surface area contributed by atoms with Crippen LogP contribution in [0.3, 0.4) is 0 Å². The normalized spacial score (nSPS) is 10.1. The van der Waals surface area contributed by atoms with Crippen LogP contribution in [0.15, 0.2) is 12.1 Å². The fourth-order valence-corrected chi connectivity index (χ4v) is 1.36. The number of hydrogen-bond donors (Lipinski definition) is 1. The van der Waals surface area contributed by atoms with Gasteiger partial charge in [0.25, 0.3) is 0 Å². The lowest BCUT2D eigenvalue weighted by Crippen LogP contribution is -2.10. The standard InChI is InChI=1S/C12H13F2NO3/c13-9-5-8(7-16)6-10(14)12(9)18-4-2-1-3-11(15)17/h5-7H,1-4H2,(H2,15,17). The summed E-state index contributed by atoms with van der Waals surface area (Å²) in [6, 6.07) is 1.80. The van der Waals surface area contributed by atoms with Crippen LogP contribution in [0.4, 0.5) is 8.78 Å². The van der Waals surface area contributed by atoms with Crippen LogP contribution in [-0.4, -0.2) is 18.8 Å². The van der Waals surface area contributed by atoms with E-state index in [1.54, 1.807) is 0 Å². The van der Waals surface area contributed by atoms with Crippen molar-refractivity contribution in [2.75, 3.05) is 6.61 Å². The molecule has 6 heteroatoms. The third-order valence-corrected chi connectivity index (χ3v) is 2.22. The highest BCUT2D eigenvalue weighted by Gasteiger charge is 2.12. The van der Waals surface area contributed by atoms with Crippen molar-refractivity contribution in [1.82, 2.24) is 0 Å². The van der Waals surface area contributed by atoms with Gasteiger partial charge in [-0.2, -0.15) is 0 Å². The smallest absolute Gasteiger partial charge is 0.217 e. The summed E-state index contributed by atoms with van der Waals surface area (Å²) in [5.41, 5.74) is 4.84. The van der Waals surface area contributed by atoms with Crippen LogP contribution in [0.2, 0.25) is 0 Å². The van der Waals surface area contributed by atoms with E-state index in [-0.39, 0.29) is 18.6 Å². The third-order valence-electron chi connectivity index (χ3n) is 2.22. The van der Waals surface area contributed by atoms with Crippen molar-refractivity contribution in [1.29, 1.82) is 0 Å². The fraction of sp³-hybridized carbons (Fsp3) is 0.333. The largest absolute Gasteiger partial charge is 0.488 e. The van der Waals surface area contributed by atoms with Gasteiger partial charge < -0.3 is 10.5 Å². The fourth-order valence-electron chi connectivity index (χ4n) is 1.36. The van der Waals surface area contributed by atoms with E-state index in [0.717, 1.165) is 12.1 Å². The first-order chi connectivity index (χ1) is 8.54. The molecule has 0 fully saturated rings. The van der Waals surface area contributed by atoms with Crippen LogP contribution in [0, 0.1) is 11.6 Å². The van der Waals surface area contributed by atoms with Crippen LogP contribution in [-0.2, 0) is 4.79 Å². The Morgan fingerprint density at radius 2 is 1.89 bits per heavy atom. The highest BCUT2D eigenvalue weighted by Crippen LogP contribution is 2.23. The number of halogens is 2. The summed E-state index contributed by atoms with van der Waals surface area (Å²) < 4.78 is 31.6. The maximum absolute atomic E-state index is 13.3. The van der Waals surface area contributed by atoms with Crippen LogP contribution in [0.1, 0.15) is 29.6 Å². The van der Waals surface area contributed by atoms with Gasteiger partial charge in [-0.15, -0.1) is 0 Å². The first-order valence-corrected chi connectivity index (χ1v) is 5.40. The van der Waals surface area contributed by atoms with E-state index in [1.807, 2.05) is 0 Å². The van der Waals surface area contributed by atoms with E-state index >= 15 is 0 Å². The molecule has 1 aromatic carbocycles. The Hall–Kier alpha value is -1.98. The molecule has 0 unspecified atom stereocenters. The predicted octanol–water partition coefficient (Wildman–Crippen LogP) is 1.81. The van der Waals surface area contributed by atoms with E-state index in [2.05, 4.69) is 0 Å². The molecule has 0 heterocycles. The third kappa shape index (κ3) is 4.12. The zero-order chi connectivity index (χ0) is 13.5. The van der Waals surface area contributed by atoms with Gasteiger partial charge in [-0.1, -0.05) is 0 Å². The second-order valence-electron chi connectivity index (χ2n) is 3.70. The van der Waals surface area contributed by atoms with Gasteiger partial charge in [0.2, 0.25) is 5.91 Å². The molecule has 98 valence electrons. The van der Waals surface area contributed by atoms with Gasteiger partial charge in [0.15, 0.2) is 17.4 Å². The molecule has 0 aliphatic heterocycles. The van der Waals surface area contributed by atoms with Gasteiger partial charge >= 0.3 is 0 Å². The molecule has 0 atom stereocenters. The van der Waals surface area contributed by atoms with Crippen molar-refractivity contribution in [3.63, 3.8) is 0 Å². The second-order valence-corrected chi connectivity index (χ2v) is 3.70. The summed E-state index contributed by atoms with van der Waals surface area (Å²) in [6.45, 7) is 0.0710. The number of hydrogen-bond acceptors (Lipinski definition) is 3. The molecule has 0 saturated carbocycles. The molecule has 0 radical (unpaired) electrons. The van der Waals surface area contributed by atoms with Gasteiger partial charge in [-0.3, -0.25) is 9.59 Å². The molecular formula is C12H13F2NO3. The number of carbonyl (C=O) groups excluding carboxylic acids is 2. The lowest BCUT2D eigenvalue weighted by Gasteiger charge is -2.08. The molecule has 0 saturated heterocycles. The van der Waals surface area contributed by atoms with Crippen LogP contribution < -0.4 is 10.5 Å². The van der Waals surface area contributed by atoms with Crippen molar-refractivity contribution in [2.24, 2.45) is 5.73 Å². The molecule has 0 aromatic heterocycles. The molecule has 1 amide bonds. The van der Waals surface area contributed by atoms with Crippen molar-refractivity contribution < 1.29 is 23.1 Å². The Labute approximate surface area is 103 Å². The SMILES string of the molecule is NC(=O)CCCCOc1c(F)cc(C=O)cc1F. The highest BCUT2D eigenvalue weighted by atomic mass is 19.1. The molecule has 0 bridgehead atoms. The molecule has 2 N–H and O–H groups in total. The summed E-state index contributed by atoms with van der Waals surface area (Å²) in [4.78, 5) is 20.8. The molecule has 0 aliphatic rings. The summed E-state index contributed by atoms with van der Waals surface area (Å²) in [7, 11) is 0. The average molecular weight is 257 g/mol. The number of primary amides is 1. The molecular weight excluding hydrogens is 244 g/mol. The van der Waals surface area contributed by atoms with Crippen molar-refractivity contribution in [3.8, 4) is 5.75 Å². The number of rotatable bonds is 7. The minimum Gasteiger partial charge on any atom is -0.488 e. The van der Waals surface area contributed by atoms with E-state index in [1.165, 1.54) is 0 Å². The van der Waals surface area contributed by atoms with E-state index in [0.29, 0.717) is 19.1 Å². The Morgan fingerprint density at radius 1 is 1.28 bits per heavy atom. The van der Waals surface area contributed by atoms with Crippen LogP contribution >= 0.6 is 0 Å². The minimum absolute atomic E-state index is 0.0710. The van der Waals surface area contributed by atoms with Crippen LogP contribution in [0.5, 0.6) is 5.75 Å².